The smallest absolute Gasteiger partial charge is 0.331 e. The van der Waals surface area contributed by atoms with Gasteiger partial charge in [0.15, 0.2) is 6.61 Å². The van der Waals surface area contributed by atoms with E-state index in [-0.39, 0.29) is 5.91 Å². The maximum Gasteiger partial charge on any atom is 0.331 e. The van der Waals surface area contributed by atoms with Crippen molar-refractivity contribution in [3.05, 3.63) is 40.2 Å². The van der Waals surface area contributed by atoms with E-state index in [1.807, 2.05) is 31.2 Å². The molecule has 144 valence electrons. The summed E-state index contributed by atoms with van der Waals surface area (Å²) in [7, 11) is 0. The SMILES string of the molecule is CCCNC(=O)[C@H](C)NC(=O)COC(=O)/C=C/c1sc2ccccc2c1Cl. The second-order valence-electron chi connectivity index (χ2n) is 5.80. The lowest BCUT2D eigenvalue weighted by Gasteiger charge is -2.13. The van der Waals surface area contributed by atoms with E-state index < -0.39 is 24.5 Å². The molecule has 2 rings (SSSR count). The zero-order valence-electron chi connectivity index (χ0n) is 15.1. The lowest BCUT2D eigenvalue weighted by molar-refractivity contribution is -0.144. The quantitative estimate of drug-likeness (QED) is 0.519. The Morgan fingerprint density at radius 1 is 1.30 bits per heavy atom. The molecule has 2 aromatic rings. The van der Waals surface area contributed by atoms with Gasteiger partial charge in [0.2, 0.25) is 5.91 Å². The standard InChI is InChI=1S/C19H21ClN2O4S/c1-3-10-21-19(25)12(2)22-16(23)11-26-17(24)9-8-15-18(20)13-6-4-5-7-14(13)27-15/h4-9,12H,3,10-11H2,1-2H3,(H,21,25)(H,22,23)/b9-8+/t12-/m0/s1. The van der Waals surface area contributed by atoms with Gasteiger partial charge in [-0.05, 0) is 25.5 Å². The van der Waals surface area contributed by atoms with Gasteiger partial charge in [-0.2, -0.15) is 0 Å². The van der Waals surface area contributed by atoms with Crippen LogP contribution in [-0.2, 0) is 19.1 Å². The summed E-state index contributed by atoms with van der Waals surface area (Å²) in [6, 6.07) is 6.97. The lowest BCUT2D eigenvalue weighted by Crippen LogP contribution is -2.46. The van der Waals surface area contributed by atoms with Gasteiger partial charge in [-0.25, -0.2) is 4.79 Å². The molecule has 8 heteroatoms. The number of halogens is 1. The highest BCUT2D eigenvalue weighted by Crippen LogP contribution is 2.35. The van der Waals surface area contributed by atoms with E-state index in [0.29, 0.717) is 11.6 Å². The average Bonchev–Trinajstić information content (AvgIpc) is 2.98. The Morgan fingerprint density at radius 2 is 2.04 bits per heavy atom. The van der Waals surface area contributed by atoms with Crippen LogP contribution in [0, 0.1) is 0 Å². The van der Waals surface area contributed by atoms with Gasteiger partial charge in [0.05, 0.1) is 5.02 Å². The Labute approximate surface area is 166 Å². The molecule has 0 bridgehead atoms. The second kappa shape index (κ2) is 10.1. The van der Waals surface area contributed by atoms with Crippen molar-refractivity contribution in [1.82, 2.24) is 10.6 Å². The van der Waals surface area contributed by atoms with Crippen LogP contribution in [0.3, 0.4) is 0 Å². The van der Waals surface area contributed by atoms with E-state index in [9.17, 15) is 14.4 Å². The molecular formula is C19H21ClN2O4S. The number of nitrogens with one attached hydrogen (secondary N) is 2. The van der Waals surface area contributed by atoms with Crippen molar-refractivity contribution in [2.24, 2.45) is 0 Å². The van der Waals surface area contributed by atoms with E-state index in [2.05, 4.69) is 10.6 Å². The highest BCUT2D eigenvalue weighted by atomic mass is 35.5. The van der Waals surface area contributed by atoms with Gasteiger partial charge in [0.1, 0.15) is 6.04 Å². The number of carbonyl (C=O) groups is 3. The van der Waals surface area contributed by atoms with E-state index in [0.717, 1.165) is 21.4 Å². The van der Waals surface area contributed by atoms with E-state index in [1.165, 1.54) is 17.4 Å². The summed E-state index contributed by atoms with van der Waals surface area (Å²) in [6.45, 7) is 3.57. The molecule has 0 fully saturated rings. The Balaban J connectivity index is 1.83. The van der Waals surface area contributed by atoms with E-state index >= 15 is 0 Å². The molecule has 0 saturated carbocycles. The highest BCUT2D eigenvalue weighted by Gasteiger charge is 2.15. The average molecular weight is 409 g/mol. The topological polar surface area (TPSA) is 84.5 Å². The first-order valence-corrected chi connectivity index (χ1v) is 9.70. The maximum absolute atomic E-state index is 11.8. The summed E-state index contributed by atoms with van der Waals surface area (Å²) in [6.07, 6.45) is 3.59. The number of amides is 2. The molecule has 0 saturated heterocycles. The summed E-state index contributed by atoms with van der Waals surface area (Å²) in [5, 5.41) is 6.64. The predicted octanol–water partition coefficient (Wildman–Crippen LogP) is 3.14. The zero-order chi connectivity index (χ0) is 19.8. The first kappa shape index (κ1) is 20.9. The fourth-order valence-corrected chi connectivity index (χ4v) is 3.62. The van der Waals surface area contributed by atoms with Gasteiger partial charge >= 0.3 is 5.97 Å². The van der Waals surface area contributed by atoms with Gasteiger partial charge in [-0.15, -0.1) is 11.3 Å². The number of ether oxygens (including phenoxy) is 1. The Morgan fingerprint density at radius 3 is 2.74 bits per heavy atom. The van der Waals surface area contributed by atoms with Crippen LogP contribution in [-0.4, -0.2) is 37.0 Å². The van der Waals surface area contributed by atoms with Crippen molar-refractivity contribution >= 4 is 56.9 Å². The molecule has 0 aliphatic rings. The van der Waals surface area contributed by atoms with Crippen molar-refractivity contribution in [1.29, 1.82) is 0 Å². The minimum atomic E-state index is -0.698. The number of hydrogen-bond donors (Lipinski definition) is 2. The zero-order valence-corrected chi connectivity index (χ0v) is 16.7. The molecule has 2 amide bonds. The summed E-state index contributed by atoms with van der Waals surface area (Å²) in [5.74, 6) is -1.49. The van der Waals surface area contributed by atoms with Crippen LogP contribution in [0.5, 0.6) is 0 Å². The summed E-state index contributed by atoms with van der Waals surface area (Å²) in [4.78, 5) is 36.0. The molecule has 1 aromatic heterocycles. The van der Waals surface area contributed by atoms with Crippen molar-refractivity contribution in [2.45, 2.75) is 26.3 Å². The number of benzene rings is 1. The van der Waals surface area contributed by atoms with Gasteiger partial charge in [-0.1, -0.05) is 36.7 Å². The molecule has 0 aliphatic carbocycles. The molecule has 27 heavy (non-hydrogen) atoms. The maximum atomic E-state index is 11.8. The molecule has 0 spiro atoms. The number of thiophene rings is 1. The number of esters is 1. The van der Waals surface area contributed by atoms with Crippen LogP contribution >= 0.6 is 22.9 Å². The van der Waals surface area contributed by atoms with Crippen molar-refractivity contribution < 1.29 is 19.1 Å². The Kier molecular flexibility index (Phi) is 7.82. The van der Waals surface area contributed by atoms with Crippen molar-refractivity contribution in [3.63, 3.8) is 0 Å². The molecule has 1 heterocycles. The van der Waals surface area contributed by atoms with Crippen LogP contribution in [0.2, 0.25) is 5.02 Å². The first-order chi connectivity index (χ1) is 12.9. The Hall–Kier alpha value is -2.38. The van der Waals surface area contributed by atoms with Crippen LogP contribution < -0.4 is 10.6 Å². The van der Waals surface area contributed by atoms with Gasteiger partial charge in [0, 0.05) is 27.6 Å². The molecule has 0 radical (unpaired) electrons. The number of fused-ring (bicyclic) bond motifs is 1. The minimum absolute atomic E-state index is 0.282. The largest absolute Gasteiger partial charge is 0.452 e. The number of rotatable bonds is 8. The second-order valence-corrected chi connectivity index (χ2v) is 7.26. The molecular weight excluding hydrogens is 388 g/mol. The third-order valence-electron chi connectivity index (χ3n) is 3.60. The Bertz CT molecular complexity index is 863. The number of carbonyl (C=O) groups excluding carboxylic acids is 3. The first-order valence-electron chi connectivity index (χ1n) is 8.51. The molecule has 0 aliphatic heterocycles. The molecule has 2 N–H and O–H groups in total. The summed E-state index contributed by atoms with van der Waals surface area (Å²) >= 11 is 7.75. The molecule has 1 aromatic carbocycles. The summed E-state index contributed by atoms with van der Waals surface area (Å²) in [5.41, 5.74) is 0. The third kappa shape index (κ3) is 6.08. The van der Waals surface area contributed by atoms with Crippen LogP contribution in [0.1, 0.15) is 25.1 Å². The minimum Gasteiger partial charge on any atom is -0.452 e. The van der Waals surface area contributed by atoms with Gasteiger partial charge in [-0.3, -0.25) is 9.59 Å². The molecule has 1 atom stereocenters. The fraction of sp³-hybridized carbons (Fsp3) is 0.316. The predicted molar refractivity (Wildman–Crippen MR) is 108 cm³/mol. The molecule has 0 unspecified atom stereocenters. The fourth-order valence-electron chi connectivity index (χ4n) is 2.22. The number of hydrogen-bond acceptors (Lipinski definition) is 5. The van der Waals surface area contributed by atoms with Crippen LogP contribution in [0.25, 0.3) is 16.2 Å². The lowest BCUT2D eigenvalue weighted by atomic mass is 10.2. The van der Waals surface area contributed by atoms with Gasteiger partial charge < -0.3 is 15.4 Å². The van der Waals surface area contributed by atoms with Crippen LogP contribution in [0.15, 0.2) is 30.3 Å². The van der Waals surface area contributed by atoms with Crippen LogP contribution in [0.4, 0.5) is 0 Å². The van der Waals surface area contributed by atoms with Crippen molar-refractivity contribution in [2.75, 3.05) is 13.2 Å². The van der Waals surface area contributed by atoms with Gasteiger partial charge in [0.25, 0.3) is 5.91 Å². The van der Waals surface area contributed by atoms with E-state index in [1.54, 1.807) is 13.0 Å². The van der Waals surface area contributed by atoms with Crippen molar-refractivity contribution in [3.8, 4) is 0 Å². The highest BCUT2D eigenvalue weighted by molar-refractivity contribution is 7.20. The van der Waals surface area contributed by atoms with E-state index in [4.69, 9.17) is 16.3 Å². The monoisotopic (exact) mass is 408 g/mol. The summed E-state index contributed by atoms with van der Waals surface area (Å²) < 4.78 is 5.91. The molecule has 6 nitrogen and oxygen atoms in total. The third-order valence-corrected chi connectivity index (χ3v) is 5.25. The normalized spacial score (nSPS) is 12.1.